The van der Waals surface area contributed by atoms with Gasteiger partial charge < -0.3 is 20.3 Å². The molecule has 2 rings (SSSR count). The van der Waals surface area contributed by atoms with E-state index in [1.165, 1.54) is 0 Å². The molecule has 166 valence electrons. The number of nitrogens with zero attached hydrogens (tertiary/aromatic N) is 3. The first kappa shape index (κ1) is 27.5. The van der Waals surface area contributed by atoms with Gasteiger partial charge in [-0.05, 0) is 69.5 Å². The predicted molar refractivity (Wildman–Crippen MR) is 131 cm³/mol. The predicted octanol–water partition coefficient (Wildman–Crippen LogP) is 4.91. The maximum Gasteiger partial charge on any atom is 0.141 e. The molecule has 0 fully saturated rings. The van der Waals surface area contributed by atoms with Crippen LogP contribution in [-0.4, -0.2) is 49.1 Å². The Morgan fingerprint density at radius 2 is 1.43 bits per heavy atom. The molecule has 0 aliphatic carbocycles. The van der Waals surface area contributed by atoms with Crippen LogP contribution in [0.1, 0.15) is 46.0 Å². The number of ether oxygens (including phenoxy) is 1. The fourth-order valence-electron chi connectivity index (χ4n) is 2.67. The van der Waals surface area contributed by atoms with Gasteiger partial charge in [0.25, 0.3) is 0 Å². The molecule has 5 heteroatoms. The second-order valence-electron chi connectivity index (χ2n) is 6.74. The number of hydrogen-bond acceptors (Lipinski definition) is 5. The topological polar surface area (TPSA) is 54.6 Å². The summed E-state index contributed by atoms with van der Waals surface area (Å²) in [5.74, 6) is 2.95. The van der Waals surface area contributed by atoms with Gasteiger partial charge in [0.1, 0.15) is 5.75 Å². The van der Waals surface area contributed by atoms with E-state index in [1.54, 1.807) is 14.0 Å². The van der Waals surface area contributed by atoms with Crippen molar-refractivity contribution in [2.75, 3.05) is 40.0 Å². The Morgan fingerprint density at radius 3 is 1.80 bits per heavy atom. The number of nitrogen functional groups attached to an aromatic ring is 1. The van der Waals surface area contributed by atoms with Crippen LogP contribution in [0.5, 0.6) is 5.75 Å². The van der Waals surface area contributed by atoms with Gasteiger partial charge in [-0.3, -0.25) is 4.98 Å². The van der Waals surface area contributed by atoms with E-state index in [1.807, 2.05) is 32.0 Å². The maximum absolute atomic E-state index is 6.09. The Bertz CT molecular complexity index is 753. The van der Waals surface area contributed by atoms with Crippen molar-refractivity contribution in [3.8, 4) is 29.2 Å². The van der Waals surface area contributed by atoms with E-state index >= 15 is 0 Å². The summed E-state index contributed by atoms with van der Waals surface area (Å²) in [4.78, 5) is 9.36. The van der Waals surface area contributed by atoms with Crippen molar-refractivity contribution in [1.82, 2.24) is 14.8 Å². The van der Waals surface area contributed by atoms with Gasteiger partial charge in [-0.15, -0.1) is 12.3 Å². The maximum atomic E-state index is 6.09. The van der Waals surface area contributed by atoms with Crippen LogP contribution < -0.4 is 10.5 Å². The summed E-state index contributed by atoms with van der Waals surface area (Å²) in [6.45, 7) is 13.6. The standard InChI is InChI=1S/C20H30N4O.C3H4.C2H6/c1-6-23(3)13-17-10-16(11-18(22-17)14-24(4)7-2)15-8-9-20(25-5)19(21)12-15;1-3-2;1-2/h8-12H,6-7,13-14,21H2,1-5H3;1H,2H3;1-2H3. The van der Waals surface area contributed by atoms with E-state index in [4.69, 9.17) is 15.5 Å². The fraction of sp³-hybridized carbons (Fsp3) is 0.480. The minimum absolute atomic E-state index is 0.649. The average molecular weight is 413 g/mol. The lowest BCUT2D eigenvalue weighted by Crippen LogP contribution is -2.20. The van der Waals surface area contributed by atoms with Crippen LogP contribution in [0, 0.1) is 12.3 Å². The summed E-state index contributed by atoms with van der Waals surface area (Å²) in [5, 5.41) is 0. The summed E-state index contributed by atoms with van der Waals surface area (Å²) < 4.78 is 5.27. The van der Waals surface area contributed by atoms with E-state index < -0.39 is 0 Å². The van der Waals surface area contributed by atoms with Gasteiger partial charge in [0.05, 0.1) is 24.2 Å². The number of terminal acetylenes is 1. The molecule has 0 aliphatic rings. The van der Waals surface area contributed by atoms with Crippen LogP contribution in [0.3, 0.4) is 0 Å². The van der Waals surface area contributed by atoms with Gasteiger partial charge in [-0.1, -0.05) is 33.8 Å². The molecule has 0 aliphatic heterocycles. The second-order valence-corrected chi connectivity index (χ2v) is 6.74. The molecule has 1 aromatic carbocycles. The van der Waals surface area contributed by atoms with Crippen LogP contribution in [0.25, 0.3) is 11.1 Å². The normalized spacial score (nSPS) is 9.90. The molecule has 2 N–H and O–H groups in total. The molecule has 0 bridgehead atoms. The molecular weight excluding hydrogens is 372 g/mol. The van der Waals surface area contributed by atoms with E-state index in [-0.39, 0.29) is 0 Å². The van der Waals surface area contributed by atoms with Gasteiger partial charge in [0.2, 0.25) is 0 Å². The van der Waals surface area contributed by atoms with Crippen molar-refractivity contribution in [3.05, 3.63) is 41.7 Å². The van der Waals surface area contributed by atoms with Gasteiger partial charge in [0.15, 0.2) is 0 Å². The number of pyridine rings is 1. The molecule has 0 spiro atoms. The van der Waals surface area contributed by atoms with E-state index in [0.29, 0.717) is 11.4 Å². The number of methoxy groups -OCH3 is 1. The second kappa shape index (κ2) is 15.3. The number of nitrogens with two attached hydrogens (primary N) is 1. The van der Waals surface area contributed by atoms with Crippen molar-refractivity contribution in [2.24, 2.45) is 0 Å². The monoisotopic (exact) mass is 412 g/mol. The van der Waals surface area contributed by atoms with Crippen molar-refractivity contribution in [3.63, 3.8) is 0 Å². The zero-order valence-corrected chi connectivity index (χ0v) is 20.1. The fourth-order valence-corrected chi connectivity index (χ4v) is 2.67. The molecule has 1 heterocycles. The number of rotatable bonds is 8. The highest BCUT2D eigenvalue weighted by molar-refractivity contribution is 5.71. The smallest absolute Gasteiger partial charge is 0.141 e. The SMILES string of the molecule is C#CC.CC.CCN(C)Cc1cc(-c2ccc(OC)c(N)c2)cc(CN(C)CC)n1. The first-order valence-electron chi connectivity index (χ1n) is 10.6. The van der Waals surface area contributed by atoms with Gasteiger partial charge in [-0.25, -0.2) is 0 Å². The molecular formula is C25H40N4O. The summed E-state index contributed by atoms with van der Waals surface area (Å²) in [6, 6.07) is 10.2. The number of hydrogen-bond donors (Lipinski definition) is 1. The van der Waals surface area contributed by atoms with E-state index in [9.17, 15) is 0 Å². The molecule has 0 unspecified atom stereocenters. The van der Waals surface area contributed by atoms with Gasteiger partial charge in [-0.2, -0.15) is 0 Å². The zero-order valence-electron chi connectivity index (χ0n) is 20.1. The Hall–Kier alpha value is -2.55. The molecule has 2 aromatic rings. The van der Waals surface area contributed by atoms with Crippen molar-refractivity contribution in [2.45, 2.75) is 47.7 Å². The summed E-state index contributed by atoms with van der Waals surface area (Å²) >= 11 is 0. The largest absolute Gasteiger partial charge is 0.495 e. The molecule has 0 amide bonds. The molecule has 1 aromatic heterocycles. The van der Waals surface area contributed by atoms with Crippen molar-refractivity contribution < 1.29 is 4.74 Å². The van der Waals surface area contributed by atoms with Crippen LogP contribution in [0.2, 0.25) is 0 Å². The average Bonchev–Trinajstić information content (AvgIpc) is 2.75. The van der Waals surface area contributed by atoms with Crippen LogP contribution in [0.4, 0.5) is 5.69 Å². The van der Waals surface area contributed by atoms with E-state index in [0.717, 1.165) is 48.7 Å². The van der Waals surface area contributed by atoms with Crippen molar-refractivity contribution in [1.29, 1.82) is 0 Å². The third kappa shape index (κ3) is 9.30. The highest BCUT2D eigenvalue weighted by Gasteiger charge is 2.10. The molecule has 30 heavy (non-hydrogen) atoms. The summed E-state index contributed by atoms with van der Waals surface area (Å²) in [7, 11) is 5.85. The Labute approximate surface area is 184 Å². The Morgan fingerprint density at radius 1 is 0.967 bits per heavy atom. The summed E-state index contributed by atoms with van der Waals surface area (Å²) in [5.41, 5.74) is 11.1. The lowest BCUT2D eigenvalue weighted by atomic mass is 10.0. The zero-order chi connectivity index (χ0) is 23.1. The van der Waals surface area contributed by atoms with Gasteiger partial charge >= 0.3 is 0 Å². The lowest BCUT2D eigenvalue weighted by molar-refractivity contribution is 0.331. The number of anilines is 1. The molecule has 5 nitrogen and oxygen atoms in total. The minimum atomic E-state index is 0.649. The third-order valence-corrected chi connectivity index (χ3v) is 4.44. The lowest BCUT2D eigenvalue weighted by Gasteiger charge is -2.18. The highest BCUT2D eigenvalue weighted by Crippen LogP contribution is 2.29. The van der Waals surface area contributed by atoms with Crippen LogP contribution in [-0.2, 0) is 13.1 Å². The minimum Gasteiger partial charge on any atom is -0.495 e. The van der Waals surface area contributed by atoms with Crippen LogP contribution in [0.15, 0.2) is 30.3 Å². The quantitative estimate of drug-likeness (QED) is 0.493. The number of benzene rings is 1. The first-order valence-corrected chi connectivity index (χ1v) is 10.6. The highest BCUT2D eigenvalue weighted by atomic mass is 16.5. The van der Waals surface area contributed by atoms with Crippen molar-refractivity contribution >= 4 is 5.69 Å². The van der Waals surface area contributed by atoms with E-state index in [2.05, 4.69) is 62.2 Å². The molecule has 0 radical (unpaired) electrons. The van der Waals surface area contributed by atoms with Gasteiger partial charge in [0, 0.05) is 13.1 Å². The third-order valence-electron chi connectivity index (χ3n) is 4.44. The number of aromatic nitrogens is 1. The molecule has 0 saturated carbocycles. The summed E-state index contributed by atoms with van der Waals surface area (Å²) in [6.07, 6.45) is 4.60. The molecule has 0 saturated heterocycles. The molecule has 0 atom stereocenters. The Kier molecular flexibility index (Phi) is 14.0. The first-order chi connectivity index (χ1) is 14.4. The van der Waals surface area contributed by atoms with Crippen LogP contribution >= 0.6 is 0 Å². The Balaban J connectivity index is 0.00000154.